The lowest BCUT2D eigenvalue weighted by Gasteiger charge is -2.11. The highest BCUT2D eigenvalue weighted by molar-refractivity contribution is 6.04. The number of nitriles is 1. The Morgan fingerprint density at radius 1 is 1.29 bits per heavy atom. The van der Waals surface area contributed by atoms with E-state index in [9.17, 15) is 18.8 Å². The van der Waals surface area contributed by atoms with Crippen molar-refractivity contribution in [3.63, 3.8) is 0 Å². The highest BCUT2D eigenvalue weighted by Crippen LogP contribution is 2.16. The Bertz CT molecular complexity index is 674. The molecule has 0 saturated carbocycles. The van der Waals surface area contributed by atoms with Crippen LogP contribution in [0.1, 0.15) is 18.4 Å². The molecule has 1 fully saturated rings. The molecule has 0 radical (unpaired) electrons. The molecule has 0 N–H and O–H groups in total. The monoisotopic (exact) mass is 288 g/mol. The van der Waals surface area contributed by atoms with Crippen LogP contribution < -0.4 is 0 Å². The van der Waals surface area contributed by atoms with Gasteiger partial charge in [0.15, 0.2) is 0 Å². The average molecular weight is 288 g/mol. The third kappa shape index (κ3) is 3.12. The van der Waals surface area contributed by atoms with Gasteiger partial charge in [0.25, 0.3) is 11.8 Å². The second-order valence-electron chi connectivity index (χ2n) is 4.15. The molecule has 2 amide bonds. The second kappa shape index (κ2) is 5.96. The van der Waals surface area contributed by atoms with Crippen LogP contribution in [0.5, 0.6) is 0 Å². The fraction of sp³-hybridized carbons (Fsp3) is 0.143. The molecule has 0 spiro atoms. The largest absolute Gasteiger partial charge is 0.374 e. The molecule has 0 atom stereocenters. The Kier molecular flexibility index (Phi) is 4.09. The quantitative estimate of drug-likeness (QED) is 0.476. The van der Waals surface area contributed by atoms with E-state index >= 15 is 0 Å². The molecule has 1 aromatic rings. The van der Waals surface area contributed by atoms with Gasteiger partial charge in [-0.3, -0.25) is 9.59 Å². The third-order valence-electron chi connectivity index (χ3n) is 2.73. The van der Waals surface area contributed by atoms with Gasteiger partial charge in [0, 0.05) is 18.4 Å². The van der Waals surface area contributed by atoms with E-state index in [1.807, 2.05) is 0 Å². The van der Waals surface area contributed by atoms with Gasteiger partial charge in [0.2, 0.25) is 0 Å². The molecule has 1 heterocycles. The molecule has 0 aromatic heterocycles. The molecule has 7 heteroatoms. The maximum absolute atomic E-state index is 13.5. The highest BCUT2D eigenvalue weighted by atomic mass is 19.1. The summed E-state index contributed by atoms with van der Waals surface area (Å²) in [5, 5.41) is 9.25. The smallest absolute Gasteiger partial charge is 0.324 e. The lowest BCUT2D eigenvalue weighted by atomic mass is 10.1. The van der Waals surface area contributed by atoms with Gasteiger partial charge >= 0.3 is 5.97 Å². The van der Waals surface area contributed by atoms with Crippen molar-refractivity contribution in [3.05, 3.63) is 41.2 Å². The molecular formula is C14H9FN2O4. The first-order valence-corrected chi connectivity index (χ1v) is 5.97. The zero-order valence-corrected chi connectivity index (χ0v) is 10.7. The van der Waals surface area contributed by atoms with E-state index in [-0.39, 0.29) is 18.4 Å². The van der Waals surface area contributed by atoms with Crippen LogP contribution in [0.15, 0.2) is 29.8 Å². The Morgan fingerprint density at radius 2 is 1.90 bits per heavy atom. The van der Waals surface area contributed by atoms with Crippen LogP contribution in [0.4, 0.5) is 4.39 Å². The first kappa shape index (κ1) is 14.4. The van der Waals surface area contributed by atoms with Crippen LogP contribution in [-0.4, -0.2) is 22.8 Å². The van der Waals surface area contributed by atoms with E-state index in [1.54, 1.807) is 6.07 Å². The Hall–Kier alpha value is -3.01. The number of amides is 2. The second-order valence-corrected chi connectivity index (χ2v) is 4.15. The molecule has 2 rings (SSSR count). The van der Waals surface area contributed by atoms with E-state index in [0.29, 0.717) is 5.06 Å². The number of halogens is 1. The van der Waals surface area contributed by atoms with Crippen molar-refractivity contribution in [1.29, 1.82) is 5.26 Å². The lowest BCUT2D eigenvalue weighted by molar-refractivity contribution is -0.194. The zero-order valence-electron chi connectivity index (χ0n) is 10.7. The minimum Gasteiger partial charge on any atom is -0.324 e. The number of hydroxylamine groups is 2. The standard InChI is InChI=1S/C14H9FN2O4/c15-11-4-2-1-3-9(11)7-10(8-16)14(20)21-17-12(18)5-6-13(17)19/h1-4,7H,5-6H2. The summed E-state index contributed by atoms with van der Waals surface area (Å²) in [5.41, 5.74) is -0.502. The van der Waals surface area contributed by atoms with Crippen molar-refractivity contribution in [2.75, 3.05) is 0 Å². The fourth-order valence-electron chi connectivity index (χ4n) is 1.67. The summed E-state index contributed by atoms with van der Waals surface area (Å²) >= 11 is 0. The van der Waals surface area contributed by atoms with Crippen molar-refractivity contribution in [2.45, 2.75) is 12.8 Å². The molecule has 1 aliphatic heterocycles. The SMILES string of the molecule is N#CC(=Cc1ccccc1F)C(=O)ON1C(=O)CCC1=O. The Balaban J connectivity index is 2.20. The number of carbonyl (C=O) groups is 3. The van der Waals surface area contributed by atoms with Crippen LogP contribution in [0.3, 0.4) is 0 Å². The van der Waals surface area contributed by atoms with Crippen LogP contribution >= 0.6 is 0 Å². The Labute approximate surface area is 119 Å². The molecule has 6 nitrogen and oxygen atoms in total. The molecule has 0 bridgehead atoms. The number of rotatable bonds is 3. The summed E-state index contributed by atoms with van der Waals surface area (Å²) in [6, 6.07) is 7.07. The number of carbonyl (C=O) groups excluding carboxylic acids is 3. The van der Waals surface area contributed by atoms with Gasteiger partial charge < -0.3 is 4.84 Å². The van der Waals surface area contributed by atoms with Gasteiger partial charge in [-0.15, -0.1) is 5.06 Å². The molecular weight excluding hydrogens is 279 g/mol. The molecule has 0 unspecified atom stereocenters. The average Bonchev–Trinajstić information content (AvgIpc) is 2.78. The van der Waals surface area contributed by atoms with Crippen molar-refractivity contribution < 1.29 is 23.6 Å². The van der Waals surface area contributed by atoms with Gasteiger partial charge in [-0.2, -0.15) is 5.26 Å². The number of hydrogen-bond acceptors (Lipinski definition) is 5. The van der Waals surface area contributed by atoms with E-state index in [1.165, 1.54) is 24.3 Å². The van der Waals surface area contributed by atoms with E-state index in [4.69, 9.17) is 5.26 Å². The molecule has 106 valence electrons. The first-order chi connectivity index (χ1) is 10.0. The number of hydrogen-bond donors (Lipinski definition) is 0. The zero-order chi connectivity index (χ0) is 15.4. The molecule has 21 heavy (non-hydrogen) atoms. The van der Waals surface area contributed by atoms with Crippen molar-refractivity contribution in [3.8, 4) is 6.07 Å². The van der Waals surface area contributed by atoms with Gasteiger partial charge in [-0.25, -0.2) is 9.18 Å². The number of nitrogens with zero attached hydrogens (tertiary/aromatic N) is 2. The molecule has 1 aliphatic rings. The van der Waals surface area contributed by atoms with Crippen LogP contribution in [0.2, 0.25) is 0 Å². The van der Waals surface area contributed by atoms with E-state index in [2.05, 4.69) is 4.84 Å². The summed E-state index contributed by atoms with van der Waals surface area (Å²) in [6.07, 6.45) is 0.888. The van der Waals surface area contributed by atoms with Crippen molar-refractivity contribution in [2.24, 2.45) is 0 Å². The predicted octanol–water partition coefficient (Wildman–Crippen LogP) is 1.34. The van der Waals surface area contributed by atoms with Crippen LogP contribution in [0, 0.1) is 17.1 Å². The van der Waals surface area contributed by atoms with Crippen molar-refractivity contribution in [1.82, 2.24) is 5.06 Å². The van der Waals surface area contributed by atoms with Gasteiger partial charge in [0.1, 0.15) is 17.5 Å². The topological polar surface area (TPSA) is 87.5 Å². The third-order valence-corrected chi connectivity index (χ3v) is 2.73. The summed E-state index contributed by atoms with van der Waals surface area (Å²) in [6.45, 7) is 0. The molecule has 0 aliphatic carbocycles. The van der Waals surface area contributed by atoms with Gasteiger partial charge in [-0.05, 0) is 12.1 Å². The van der Waals surface area contributed by atoms with Crippen molar-refractivity contribution >= 4 is 23.9 Å². The highest BCUT2D eigenvalue weighted by Gasteiger charge is 2.33. The number of imide groups is 1. The normalized spacial score (nSPS) is 15.0. The van der Waals surface area contributed by atoms with E-state index < -0.39 is 29.2 Å². The maximum atomic E-state index is 13.5. The lowest BCUT2D eigenvalue weighted by Crippen LogP contribution is -2.32. The molecule has 1 saturated heterocycles. The summed E-state index contributed by atoms with van der Waals surface area (Å²) in [7, 11) is 0. The minimum absolute atomic E-state index is 0.0186. The minimum atomic E-state index is -1.19. The fourth-order valence-corrected chi connectivity index (χ4v) is 1.67. The van der Waals surface area contributed by atoms with Crippen LogP contribution in [-0.2, 0) is 19.2 Å². The van der Waals surface area contributed by atoms with Crippen LogP contribution in [0.25, 0.3) is 6.08 Å². The van der Waals surface area contributed by atoms with Gasteiger partial charge in [-0.1, -0.05) is 18.2 Å². The van der Waals surface area contributed by atoms with Gasteiger partial charge in [0.05, 0.1) is 0 Å². The Morgan fingerprint density at radius 3 is 2.48 bits per heavy atom. The predicted molar refractivity (Wildman–Crippen MR) is 67.2 cm³/mol. The first-order valence-electron chi connectivity index (χ1n) is 5.97. The summed E-state index contributed by atoms with van der Waals surface area (Å²) < 4.78 is 13.5. The van der Waals surface area contributed by atoms with E-state index in [0.717, 1.165) is 6.08 Å². The summed E-state index contributed by atoms with van der Waals surface area (Å²) in [4.78, 5) is 39.0. The maximum Gasteiger partial charge on any atom is 0.374 e. The molecule has 1 aromatic carbocycles. The number of benzene rings is 1. The summed E-state index contributed by atoms with van der Waals surface area (Å²) in [5.74, 6) is -3.12.